The lowest BCUT2D eigenvalue weighted by molar-refractivity contribution is -0.317. The molecule has 4 nitrogen and oxygen atoms in total. The predicted octanol–water partition coefficient (Wildman–Crippen LogP) is 4.06. The molecule has 0 aromatic heterocycles. The van der Waals surface area contributed by atoms with Crippen molar-refractivity contribution in [3.05, 3.63) is 59.8 Å². The molecule has 2 rings (SSSR count). The molecule has 0 fully saturated rings. The van der Waals surface area contributed by atoms with E-state index in [2.05, 4.69) is 0 Å². The quantitative estimate of drug-likeness (QED) is 0.588. The summed E-state index contributed by atoms with van der Waals surface area (Å²) >= 11 is 0. The fourth-order valence-electron chi connectivity index (χ4n) is 2.09. The van der Waals surface area contributed by atoms with Gasteiger partial charge < -0.3 is 5.21 Å². The highest BCUT2D eigenvalue weighted by atomic mass is 17.2. The average molecular weight is 273 g/mol. The Morgan fingerprint density at radius 3 is 2.00 bits per heavy atom. The van der Waals surface area contributed by atoms with Gasteiger partial charge in [0.1, 0.15) is 13.2 Å². The molecule has 2 aromatic rings. The molecule has 0 saturated carbocycles. The molecule has 0 saturated heterocycles. The Kier molecular flexibility index (Phi) is 4.87. The van der Waals surface area contributed by atoms with E-state index in [1.165, 1.54) is 0 Å². The van der Waals surface area contributed by atoms with E-state index < -0.39 is 4.97 Å². The van der Waals surface area contributed by atoms with E-state index in [1.807, 2.05) is 48.5 Å². The molecule has 4 heteroatoms. The maximum atomic E-state index is 12.8. The molecule has 0 radical (unpaired) electrons. The summed E-state index contributed by atoms with van der Waals surface area (Å²) in [5, 5.41) is 12.8. The molecule has 106 valence electrons. The van der Waals surface area contributed by atoms with Gasteiger partial charge in [-0.05, 0) is 30.5 Å². The molecule has 0 spiro atoms. The molecule has 0 aliphatic rings. The first-order chi connectivity index (χ1) is 9.71. The zero-order valence-corrected chi connectivity index (χ0v) is 11.8. The summed E-state index contributed by atoms with van der Waals surface area (Å²) in [4.78, 5) is 9.33. The summed E-state index contributed by atoms with van der Waals surface area (Å²) in [6.45, 7) is 4.09. The zero-order chi connectivity index (χ0) is 14.4. The maximum Gasteiger partial charge on any atom is 0.208 e. The van der Waals surface area contributed by atoms with Crippen molar-refractivity contribution in [1.29, 1.82) is 0 Å². The van der Waals surface area contributed by atoms with Crippen molar-refractivity contribution < 1.29 is 9.68 Å². The third-order valence-electron chi connectivity index (χ3n) is 2.88. The minimum Gasteiger partial charge on any atom is -0.559 e. The SMILES string of the molecule is CCO[N+]([O-])(OCC)c1ccccc1-c1ccccc1. The smallest absolute Gasteiger partial charge is 0.208 e. The lowest BCUT2D eigenvalue weighted by Crippen LogP contribution is -2.43. The van der Waals surface area contributed by atoms with E-state index in [1.54, 1.807) is 19.9 Å². The Bertz CT molecular complexity index is 536. The van der Waals surface area contributed by atoms with Crippen LogP contribution >= 0.6 is 0 Å². The van der Waals surface area contributed by atoms with Crippen LogP contribution in [-0.4, -0.2) is 13.2 Å². The molecule has 0 aliphatic carbocycles. The number of quaternary nitrogens is 1. The standard InChI is InChI=1S/C16H19NO3/c1-3-19-17(18,20-4-2)16-13-9-8-12-15(16)14-10-6-5-7-11-14/h5-13H,3-4H2,1-2H3. The minimum absolute atomic E-state index is 0.270. The van der Waals surface area contributed by atoms with Gasteiger partial charge in [-0.2, -0.15) is 9.68 Å². The second-order valence-corrected chi connectivity index (χ2v) is 4.22. The molecule has 2 aromatic carbocycles. The van der Waals surface area contributed by atoms with Crippen molar-refractivity contribution in [2.75, 3.05) is 13.2 Å². The van der Waals surface area contributed by atoms with Crippen LogP contribution in [0.25, 0.3) is 11.1 Å². The summed E-state index contributed by atoms with van der Waals surface area (Å²) in [6.07, 6.45) is 0. The van der Waals surface area contributed by atoms with Gasteiger partial charge in [-0.25, -0.2) is 0 Å². The second-order valence-electron chi connectivity index (χ2n) is 4.22. The van der Waals surface area contributed by atoms with Gasteiger partial charge in [0, 0.05) is 11.6 Å². The van der Waals surface area contributed by atoms with E-state index in [-0.39, 0.29) is 13.2 Å². The normalized spacial score (nSPS) is 11.6. The molecule has 0 unspecified atom stereocenters. The first-order valence-corrected chi connectivity index (χ1v) is 6.75. The fourth-order valence-corrected chi connectivity index (χ4v) is 2.09. The van der Waals surface area contributed by atoms with E-state index in [0.717, 1.165) is 11.1 Å². The molecule has 20 heavy (non-hydrogen) atoms. The number of rotatable bonds is 6. The van der Waals surface area contributed by atoms with E-state index in [0.29, 0.717) is 5.69 Å². The number of benzene rings is 2. The lowest BCUT2D eigenvalue weighted by atomic mass is 10.0. The van der Waals surface area contributed by atoms with E-state index >= 15 is 0 Å². The summed E-state index contributed by atoms with van der Waals surface area (Å²) in [5.41, 5.74) is 2.22. The van der Waals surface area contributed by atoms with E-state index in [9.17, 15) is 5.21 Å². The topological polar surface area (TPSA) is 41.5 Å². The Morgan fingerprint density at radius 2 is 1.40 bits per heavy atom. The van der Waals surface area contributed by atoms with Crippen molar-refractivity contribution in [3.63, 3.8) is 0 Å². The van der Waals surface area contributed by atoms with Crippen LogP contribution < -0.4 is 4.97 Å². The number of nitrogens with zero attached hydrogens (tertiary/aromatic N) is 1. The summed E-state index contributed by atoms with van der Waals surface area (Å²) < 4.78 is 0. The summed E-state index contributed by atoms with van der Waals surface area (Å²) in [7, 11) is 0. The Balaban J connectivity index is 2.51. The Hall–Kier alpha value is -1.72. The minimum atomic E-state index is -1.22. The predicted molar refractivity (Wildman–Crippen MR) is 80.3 cm³/mol. The summed E-state index contributed by atoms with van der Waals surface area (Å²) in [5.74, 6) is 0. The van der Waals surface area contributed by atoms with Crippen LogP contribution in [0.4, 0.5) is 5.69 Å². The molecule has 0 amide bonds. The van der Waals surface area contributed by atoms with Crippen molar-refractivity contribution in [2.45, 2.75) is 13.8 Å². The molecule has 0 atom stereocenters. The lowest BCUT2D eigenvalue weighted by Gasteiger charge is -2.35. The highest BCUT2D eigenvalue weighted by Crippen LogP contribution is 2.35. The third kappa shape index (κ3) is 3.05. The first-order valence-electron chi connectivity index (χ1n) is 6.75. The van der Waals surface area contributed by atoms with Crippen LogP contribution in [-0.2, 0) is 9.68 Å². The van der Waals surface area contributed by atoms with Crippen molar-refractivity contribution in [1.82, 2.24) is 4.97 Å². The molecule has 0 N–H and O–H groups in total. The van der Waals surface area contributed by atoms with Crippen LogP contribution in [0.1, 0.15) is 13.8 Å². The van der Waals surface area contributed by atoms with Crippen molar-refractivity contribution >= 4 is 5.69 Å². The van der Waals surface area contributed by atoms with Gasteiger partial charge in [-0.15, -0.1) is 0 Å². The van der Waals surface area contributed by atoms with Crippen molar-refractivity contribution in [2.24, 2.45) is 0 Å². The van der Waals surface area contributed by atoms with Gasteiger partial charge in [0.05, 0.1) is 0 Å². The Labute approximate surface area is 119 Å². The molecule has 0 heterocycles. The van der Waals surface area contributed by atoms with Gasteiger partial charge in [-0.3, -0.25) is 0 Å². The van der Waals surface area contributed by atoms with Crippen LogP contribution in [0, 0.1) is 5.21 Å². The van der Waals surface area contributed by atoms with Gasteiger partial charge in [0.25, 0.3) is 0 Å². The largest absolute Gasteiger partial charge is 0.559 e. The zero-order valence-electron chi connectivity index (χ0n) is 11.8. The highest BCUT2D eigenvalue weighted by molar-refractivity contribution is 5.76. The van der Waals surface area contributed by atoms with Crippen LogP contribution in [0.2, 0.25) is 0 Å². The molecular weight excluding hydrogens is 254 g/mol. The monoisotopic (exact) mass is 273 g/mol. The number of hydrogen-bond donors (Lipinski definition) is 0. The molecule has 0 aliphatic heterocycles. The number of hydrogen-bond acceptors (Lipinski definition) is 3. The average Bonchev–Trinajstić information content (AvgIpc) is 2.49. The third-order valence-corrected chi connectivity index (χ3v) is 2.88. The molecule has 0 bridgehead atoms. The van der Waals surface area contributed by atoms with Crippen molar-refractivity contribution in [3.8, 4) is 11.1 Å². The van der Waals surface area contributed by atoms with Crippen LogP contribution in [0.3, 0.4) is 0 Å². The van der Waals surface area contributed by atoms with E-state index in [4.69, 9.17) is 9.68 Å². The van der Waals surface area contributed by atoms with Gasteiger partial charge in [0.2, 0.25) is 5.69 Å². The van der Waals surface area contributed by atoms with Gasteiger partial charge in [-0.1, -0.05) is 42.5 Å². The molecular formula is C16H19NO3. The fraction of sp³-hybridized carbons (Fsp3) is 0.250. The van der Waals surface area contributed by atoms with Gasteiger partial charge in [0.15, 0.2) is 0 Å². The summed E-state index contributed by atoms with van der Waals surface area (Å²) in [6, 6.07) is 17.1. The van der Waals surface area contributed by atoms with Crippen LogP contribution in [0.5, 0.6) is 0 Å². The second kappa shape index (κ2) is 6.63. The highest BCUT2D eigenvalue weighted by Gasteiger charge is 2.28. The Morgan fingerprint density at radius 1 is 0.850 bits per heavy atom. The first kappa shape index (κ1) is 14.7. The van der Waals surface area contributed by atoms with Crippen LogP contribution in [0.15, 0.2) is 54.6 Å². The maximum absolute atomic E-state index is 12.8. The van der Waals surface area contributed by atoms with Gasteiger partial charge >= 0.3 is 0 Å².